The van der Waals surface area contributed by atoms with Crippen LogP contribution in [0.4, 0.5) is 0 Å². The highest BCUT2D eigenvalue weighted by Crippen LogP contribution is 2.21. The molecule has 0 radical (unpaired) electrons. The van der Waals surface area contributed by atoms with Gasteiger partial charge in [0.05, 0.1) is 6.26 Å². The van der Waals surface area contributed by atoms with Gasteiger partial charge in [-0.25, -0.2) is 0 Å². The summed E-state index contributed by atoms with van der Waals surface area (Å²) in [6.07, 6.45) is 2.29. The Kier molecular flexibility index (Phi) is 4.80. The van der Waals surface area contributed by atoms with E-state index in [0.29, 0.717) is 24.0 Å². The van der Waals surface area contributed by atoms with Gasteiger partial charge in [-0.15, -0.1) is 0 Å². The summed E-state index contributed by atoms with van der Waals surface area (Å²) >= 11 is 0. The van der Waals surface area contributed by atoms with Crippen LogP contribution in [0.15, 0.2) is 33.4 Å². The zero-order valence-electron chi connectivity index (χ0n) is 12.6. The van der Waals surface area contributed by atoms with E-state index in [9.17, 15) is 4.79 Å². The second-order valence-electron chi connectivity index (χ2n) is 5.48. The van der Waals surface area contributed by atoms with Crippen molar-refractivity contribution in [1.29, 1.82) is 0 Å². The molecule has 2 heterocycles. The fourth-order valence-corrected chi connectivity index (χ4v) is 1.88. The Labute approximate surface area is 123 Å². The zero-order chi connectivity index (χ0) is 15.4. The average molecular weight is 291 g/mol. The number of hydrogen-bond acceptors (Lipinski definition) is 5. The topological polar surface area (TPSA) is 85.5 Å². The fraction of sp³-hybridized carbons (Fsp3) is 0.467. The highest BCUT2D eigenvalue weighted by Gasteiger charge is 2.19. The minimum Gasteiger partial charge on any atom is -0.461 e. The standard InChI is InChI=1S/C15H21N3O3/c1-10(2)11(16)6-7-18(3)15(19)12-9-14(21-17-12)13-5-4-8-20-13/h4-5,8-11H,6-7,16H2,1-3H3. The second-order valence-corrected chi connectivity index (χ2v) is 5.48. The molecule has 1 atom stereocenters. The van der Waals surface area contributed by atoms with Crippen LogP contribution in [0.3, 0.4) is 0 Å². The van der Waals surface area contributed by atoms with E-state index in [0.717, 1.165) is 6.42 Å². The Morgan fingerprint density at radius 2 is 2.19 bits per heavy atom. The zero-order valence-corrected chi connectivity index (χ0v) is 12.6. The minimum absolute atomic E-state index is 0.0799. The van der Waals surface area contributed by atoms with Crippen LogP contribution in [0.1, 0.15) is 30.8 Å². The highest BCUT2D eigenvalue weighted by molar-refractivity contribution is 5.92. The van der Waals surface area contributed by atoms with Gasteiger partial charge in [-0.05, 0) is 24.5 Å². The number of furan rings is 1. The summed E-state index contributed by atoms with van der Waals surface area (Å²) in [6, 6.07) is 5.16. The molecule has 2 aromatic heterocycles. The normalized spacial score (nSPS) is 12.6. The molecule has 6 nitrogen and oxygen atoms in total. The first kappa shape index (κ1) is 15.3. The van der Waals surface area contributed by atoms with Crippen LogP contribution in [-0.4, -0.2) is 35.6 Å². The molecule has 0 fully saturated rings. The van der Waals surface area contributed by atoms with Crippen molar-refractivity contribution in [3.8, 4) is 11.5 Å². The van der Waals surface area contributed by atoms with Crippen molar-refractivity contribution in [2.45, 2.75) is 26.3 Å². The van der Waals surface area contributed by atoms with E-state index in [1.54, 1.807) is 36.4 Å². The van der Waals surface area contributed by atoms with Gasteiger partial charge in [0.15, 0.2) is 11.5 Å². The van der Waals surface area contributed by atoms with Crippen molar-refractivity contribution in [1.82, 2.24) is 10.1 Å². The van der Waals surface area contributed by atoms with Crippen molar-refractivity contribution >= 4 is 5.91 Å². The van der Waals surface area contributed by atoms with Crippen molar-refractivity contribution in [3.05, 3.63) is 30.2 Å². The lowest BCUT2D eigenvalue weighted by molar-refractivity contribution is 0.0779. The maximum Gasteiger partial charge on any atom is 0.275 e. The van der Waals surface area contributed by atoms with Gasteiger partial charge < -0.3 is 19.6 Å². The number of nitrogens with zero attached hydrogens (tertiary/aromatic N) is 2. The third kappa shape index (κ3) is 3.72. The van der Waals surface area contributed by atoms with Crippen molar-refractivity contribution in [2.24, 2.45) is 11.7 Å². The smallest absolute Gasteiger partial charge is 0.275 e. The first-order valence-corrected chi connectivity index (χ1v) is 7.00. The van der Waals surface area contributed by atoms with Gasteiger partial charge in [0.25, 0.3) is 5.91 Å². The molecule has 0 saturated heterocycles. The van der Waals surface area contributed by atoms with Gasteiger partial charge in [0.2, 0.25) is 5.76 Å². The maximum atomic E-state index is 12.2. The number of carbonyl (C=O) groups is 1. The van der Waals surface area contributed by atoms with Crippen LogP contribution >= 0.6 is 0 Å². The van der Waals surface area contributed by atoms with Gasteiger partial charge in [-0.1, -0.05) is 19.0 Å². The quantitative estimate of drug-likeness (QED) is 0.883. The molecule has 0 spiro atoms. The lowest BCUT2D eigenvalue weighted by Crippen LogP contribution is -2.34. The maximum absolute atomic E-state index is 12.2. The van der Waals surface area contributed by atoms with Crippen molar-refractivity contribution in [2.75, 3.05) is 13.6 Å². The van der Waals surface area contributed by atoms with Gasteiger partial charge in [-0.3, -0.25) is 4.79 Å². The number of carbonyl (C=O) groups excluding carboxylic acids is 1. The summed E-state index contributed by atoms with van der Waals surface area (Å²) in [5.41, 5.74) is 6.25. The predicted octanol–water partition coefficient (Wildman–Crippen LogP) is 2.38. The molecule has 0 bridgehead atoms. The summed E-state index contributed by atoms with van der Waals surface area (Å²) in [5, 5.41) is 3.80. The van der Waals surface area contributed by atoms with Crippen LogP contribution in [0.5, 0.6) is 0 Å². The SMILES string of the molecule is CC(C)C(N)CCN(C)C(=O)c1cc(-c2ccco2)on1. The third-order valence-electron chi connectivity index (χ3n) is 3.49. The number of nitrogens with two attached hydrogens (primary N) is 1. The molecule has 0 aromatic carbocycles. The first-order chi connectivity index (χ1) is 9.99. The van der Waals surface area contributed by atoms with Crippen LogP contribution in [-0.2, 0) is 0 Å². The molecule has 2 rings (SSSR count). The van der Waals surface area contributed by atoms with E-state index in [1.165, 1.54) is 0 Å². The summed E-state index contributed by atoms with van der Waals surface area (Å²) in [6.45, 7) is 4.72. The molecule has 21 heavy (non-hydrogen) atoms. The summed E-state index contributed by atoms with van der Waals surface area (Å²) in [7, 11) is 1.73. The van der Waals surface area contributed by atoms with Crippen LogP contribution in [0, 0.1) is 5.92 Å². The number of aromatic nitrogens is 1. The Morgan fingerprint density at radius 1 is 1.43 bits per heavy atom. The van der Waals surface area contributed by atoms with Crippen molar-refractivity contribution in [3.63, 3.8) is 0 Å². The van der Waals surface area contributed by atoms with Gasteiger partial charge >= 0.3 is 0 Å². The monoisotopic (exact) mass is 291 g/mol. The minimum atomic E-state index is -0.187. The molecule has 0 aliphatic rings. The molecule has 2 aromatic rings. The second kappa shape index (κ2) is 6.58. The van der Waals surface area contributed by atoms with E-state index in [4.69, 9.17) is 14.7 Å². The predicted molar refractivity (Wildman–Crippen MR) is 78.6 cm³/mol. The van der Waals surface area contributed by atoms with E-state index in [-0.39, 0.29) is 17.6 Å². The molecular weight excluding hydrogens is 270 g/mol. The molecule has 1 unspecified atom stereocenters. The van der Waals surface area contributed by atoms with Crippen molar-refractivity contribution < 1.29 is 13.7 Å². The lowest BCUT2D eigenvalue weighted by atomic mass is 10.0. The van der Waals surface area contributed by atoms with E-state index in [1.807, 2.05) is 0 Å². The molecule has 0 aliphatic heterocycles. The van der Waals surface area contributed by atoms with E-state index < -0.39 is 0 Å². The molecule has 0 aliphatic carbocycles. The number of hydrogen-bond donors (Lipinski definition) is 1. The van der Waals surface area contributed by atoms with Gasteiger partial charge in [0.1, 0.15) is 0 Å². The molecule has 0 saturated carbocycles. The van der Waals surface area contributed by atoms with E-state index >= 15 is 0 Å². The Hall–Kier alpha value is -2.08. The molecule has 114 valence electrons. The summed E-state index contributed by atoms with van der Waals surface area (Å²) in [5.74, 6) is 1.19. The summed E-state index contributed by atoms with van der Waals surface area (Å²) in [4.78, 5) is 13.8. The number of rotatable bonds is 6. The highest BCUT2D eigenvalue weighted by atomic mass is 16.5. The van der Waals surface area contributed by atoms with Gasteiger partial charge in [0, 0.05) is 25.7 Å². The van der Waals surface area contributed by atoms with Crippen LogP contribution in [0.2, 0.25) is 0 Å². The Morgan fingerprint density at radius 3 is 2.81 bits per heavy atom. The largest absolute Gasteiger partial charge is 0.461 e. The van der Waals surface area contributed by atoms with Crippen LogP contribution < -0.4 is 5.73 Å². The Balaban J connectivity index is 1.96. The molecule has 6 heteroatoms. The van der Waals surface area contributed by atoms with Gasteiger partial charge in [-0.2, -0.15) is 0 Å². The molecular formula is C15H21N3O3. The molecule has 2 N–H and O–H groups in total. The fourth-order valence-electron chi connectivity index (χ4n) is 1.88. The summed E-state index contributed by atoms with van der Waals surface area (Å²) < 4.78 is 10.3. The first-order valence-electron chi connectivity index (χ1n) is 7.00. The van der Waals surface area contributed by atoms with Crippen LogP contribution in [0.25, 0.3) is 11.5 Å². The third-order valence-corrected chi connectivity index (χ3v) is 3.49. The van der Waals surface area contributed by atoms with E-state index in [2.05, 4.69) is 19.0 Å². The Bertz CT molecular complexity index is 575. The molecule has 1 amide bonds. The lowest BCUT2D eigenvalue weighted by Gasteiger charge is -2.20. The number of amides is 1. The average Bonchev–Trinajstić information content (AvgIpc) is 3.12.